The number of hydrogen-bond acceptors (Lipinski definition) is 4. The van der Waals surface area contributed by atoms with E-state index in [2.05, 4.69) is 4.98 Å². The summed E-state index contributed by atoms with van der Waals surface area (Å²) < 4.78 is 31.1. The van der Waals surface area contributed by atoms with E-state index in [1.165, 1.54) is 7.11 Å². The van der Waals surface area contributed by atoms with Gasteiger partial charge in [-0.3, -0.25) is 0 Å². The monoisotopic (exact) mass is 455 g/mol. The van der Waals surface area contributed by atoms with Gasteiger partial charge in [-0.25, -0.2) is 13.2 Å². The number of nitrogens with one attached hydrogen (secondary N) is 1. The highest BCUT2D eigenvalue weighted by Gasteiger charge is 2.26. The molecule has 0 amide bonds. The third-order valence-corrected chi connectivity index (χ3v) is 6.92. The van der Waals surface area contributed by atoms with Crippen LogP contribution in [0.1, 0.15) is 15.9 Å². The molecule has 0 aliphatic heterocycles. The van der Waals surface area contributed by atoms with E-state index < -0.39 is 15.8 Å². The second-order valence-electron chi connectivity index (χ2n) is 5.30. The second kappa shape index (κ2) is 6.21. The van der Waals surface area contributed by atoms with Gasteiger partial charge in [-0.2, -0.15) is 0 Å². The molecule has 3 rings (SSSR count). The Hall–Kier alpha value is -1.87. The summed E-state index contributed by atoms with van der Waals surface area (Å²) in [5.74, 6) is -0.503. The van der Waals surface area contributed by atoms with Crippen molar-refractivity contribution in [2.45, 2.75) is 16.8 Å². The van der Waals surface area contributed by atoms with Crippen molar-refractivity contribution in [1.29, 1.82) is 0 Å². The molecule has 24 heavy (non-hydrogen) atoms. The number of aromatic nitrogens is 1. The lowest BCUT2D eigenvalue weighted by Crippen LogP contribution is -2.04. The topological polar surface area (TPSA) is 76.2 Å². The average Bonchev–Trinajstić information content (AvgIpc) is 2.92. The molecule has 0 spiro atoms. The Morgan fingerprint density at radius 3 is 2.42 bits per heavy atom. The first-order valence-corrected chi connectivity index (χ1v) is 9.62. The predicted molar refractivity (Wildman–Crippen MR) is 99.0 cm³/mol. The van der Waals surface area contributed by atoms with Crippen molar-refractivity contribution in [3.05, 3.63) is 57.2 Å². The summed E-state index contributed by atoms with van der Waals surface area (Å²) in [7, 11) is -2.42. The molecule has 2 aromatic carbocycles. The molecule has 0 saturated heterocycles. The van der Waals surface area contributed by atoms with E-state index in [1.807, 2.05) is 29.5 Å². The molecular formula is C17H14INO4S. The molecule has 1 heterocycles. The second-order valence-corrected chi connectivity index (χ2v) is 8.27. The van der Waals surface area contributed by atoms with Crippen molar-refractivity contribution in [1.82, 2.24) is 4.98 Å². The Labute approximate surface area is 153 Å². The Morgan fingerprint density at radius 1 is 1.12 bits per heavy atom. The first-order chi connectivity index (χ1) is 11.4. The molecule has 0 atom stereocenters. The van der Waals surface area contributed by atoms with Gasteiger partial charge in [0.05, 0.1) is 21.1 Å². The first kappa shape index (κ1) is 17.0. The maximum Gasteiger partial charge on any atom is 0.338 e. The molecule has 0 aliphatic carbocycles. The fourth-order valence-electron chi connectivity index (χ4n) is 2.48. The zero-order chi connectivity index (χ0) is 17.5. The number of aryl methyl sites for hydroxylation is 1. The minimum atomic E-state index is -3.71. The van der Waals surface area contributed by atoms with Crippen LogP contribution in [0, 0.1) is 10.5 Å². The van der Waals surface area contributed by atoms with E-state index in [9.17, 15) is 13.2 Å². The highest BCUT2D eigenvalue weighted by molar-refractivity contribution is 14.1. The van der Waals surface area contributed by atoms with Gasteiger partial charge in [0.15, 0.2) is 5.03 Å². The minimum Gasteiger partial charge on any atom is -0.465 e. The van der Waals surface area contributed by atoms with Gasteiger partial charge in [0, 0.05) is 10.9 Å². The maximum absolute atomic E-state index is 12.9. The molecule has 0 saturated carbocycles. The summed E-state index contributed by atoms with van der Waals surface area (Å²) >= 11 is 1.95. The van der Waals surface area contributed by atoms with Gasteiger partial charge in [-0.1, -0.05) is 23.8 Å². The Bertz CT molecular complexity index is 1040. The Balaban J connectivity index is 2.26. The van der Waals surface area contributed by atoms with Gasteiger partial charge in [0.2, 0.25) is 9.84 Å². The molecule has 3 aromatic rings. The number of methoxy groups -OCH3 is 1. The maximum atomic E-state index is 12.9. The molecule has 7 heteroatoms. The van der Waals surface area contributed by atoms with Crippen molar-refractivity contribution in [2.24, 2.45) is 0 Å². The molecule has 5 nitrogen and oxygen atoms in total. The lowest BCUT2D eigenvalue weighted by Gasteiger charge is -2.04. The number of H-pyrrole nitrogens is 1. The summed E-state index contributed by atoms with van der Waals surface area (Å²) in [4.78, 5) is 15.1. The molecular weight excluding hydrogens is 441 g/mol. The Morgan fingerprint density at radius 2 is 1.79 bits per heavy atom. The normalized spacial score (nSPS) is 11.6. The van der Waals surface area contributed by atoms with Gasteiger partial charge < -0.3 is 9.72 Å². The number of rotatable bonds is 3. The third-order valence-electron chi connectivity index (χ3n) is 3.74. The van der Waals surface area contributed by atoms with Crippen molar-refractivity contribution in [2.75, 3.05) is 7.11 Å². The fraction of sp³-hybridized carbons (Fsp3) is 0.118. The van der Waals surface area contributed by atoms with Crippen LogP contribution in [0.4, 0.5) is 0 Å². The summed E-state index contributed by atoms with van der Waals surface area (Å²) in [5, 5.41) is 0.633. The minimum absolute atomic E-state index is 0.0818. The molecule has 1 aromatic heterocycles. The van der Waals surface area contributed by atoms with Crippen LogP contribution >= 0.6 is 22.6 Å². The number of fused-ring (bicyclic) bond motifs is 1. The van der Waals surface area contributed by atoms with Crippen LogP contribution in [-0.4, -0.2) is 26.5 Å². The third kappa shape index (κ3) is 2.71. The van der Waals surface area contributed by atoms with Gasteiger partial charge in [0.25, 0.3) is 0 Å². The zero-order valence-electron chi connectivity index (χ0n) is 13.0. The summed E-state index contributed by atoms with van der Waals surface area (Å²) in [6.07, 6.45) is 0. The van der Waals surface area contributed by atoms with Crippen molar-refractivity contribution < 1.29 is 17.9 Å². The summed E-state index contributed by atoms with van der Waals surface area (Å²) in [6, 6.07) is 11.7. The largest absolute Gasteiger partial charge is 0.465 e. The van der Waals surface area contributed by atoms with Crippen LogP contribution in [0.15, 0.2) is 52.4 Å². The smallest absolute Gasteiger partial charge is 0.338 e. The number of hydrogen-bond donors (Lipinski definition) is 1. The molecule has 0 aliphatic rings. The molecule has 0 radical (unpaired) electrons. The number of ether oxygens (including phenoxy) is 1. The highest BCUT2D eigenvalue weighted by Crippen LogP contribution is 2.33. The van der Waals surface area contributed by atoms with E-state index >= 15 is 0 Å². The van der Waals surface area contributed by atoms with E-state index in [0.717, 1.165) is 5.56 Å². The van der Waals surface area contributed by atoms with Gasteiger partial charge in [0.1, 0.15) is 0 Å². The van der Waals surface area contributed by atoms with Crippen LogP contribution in [0.3, 0.4) is 0 Å². The van der Waals surface area contributed by atoms with Crippen LogP contribution in [0.5, 0.6) is 0 Å². The van der Waals surface area contributed by atoms with Crippen molar-refractivity contribution in [3.63, 3.8) is 0 Å². The standard InChI is InChI=1S/C17H14INO4S/c1-10-6-8-11(9-7-10)24(21,22)16-15(18)14-12(17(20)23-2)4-3-5-13(14)19-16/h3-9,19H,1-2H3. The number of sulfone groups is 1. The zero-order valence-corrected chi connectivity index (χ0v) is 15.9. The van der Waals surface area contributed by atoms with Gasteiger partial charge >= 0.3 is 5.97 Å². The SMILES string of the molecule is COC(=O)c1cccc2[nH]c(S(=O)(=O)c3ccc(C)cc3)c(I)c12. The van der Waals surface area contributed by atoms with E-state index in [1.54, 1.807) is 42.5 Å². The number of esters is 1. The van der Waals surface area contributed by atoms with Crippen LogP contribution < -0.4 is 0 Å². The Kier molecular flexibility index (Phi) is 4.39. The molecule has 0 bridgehead atoms. The summed E-state index contributed by atoms with van der Waals surface area (Å²) in [6.45, 7) is 1.89. The quantitative estimate of drug-likeness (QED) is 0.483. The average molecular weight is 455 g/mol. The first-order valence-electron chi connectivity index (χ1n) is 7.06. The van der Waals surface area contributed by atoms with Gasteiger partial charge in [-0.05, 0) is 53.8 Å². The number of aromatic amines is 1. The van der Waals surface area contributed by atoms with E-state index in [0.29, 0.717) is 20.0 Å². The number of carbonyl (C=O) groups excluding carboxylic acids is 1. The van der Waals surface area contributed by atoms with Crippen molar-refractivity contribution >= 4 is 49.3 Å². The number of carbonyl (C=O) groups is 1. The highest BCUT2D eigenvalue weighted by atomic mass is 127. The van der Waals surface area contributed by atoms with E-state index in [-0.39, 0.29) is 9.92 Å². The fourth-order valence-corrected chi connectivity index (χ4v) is 5.38. The number of benzene rings is 2. The molecule has 1 N–H and O–H groups in total. The number of halogens is 1. The summed E-state index contributed by atoms with van der Waals surface area (Å²) in [5.41, 5.74) is 1.89. The molecule has 0 unspecified atom stereocenters. The molecule has 0 fully saturated rings. The lowest BCUT2D eigenvalue weighted by atomic mass is 10.1. The van der Waals surface area contributed by atoms with Gasteiger partial charge in [-0.15, -0.1) is 0 Å². The van der Waals surface area contributed by atoms with Crippen LogP contribution in [0.25, 0.3) is 10.9 Å². The van der Waals surface area contributed by atoms with Crippen LogP contribution in [0.2, 0.25) is 0 Å². The predicted octanol–water partition coefficient (Wildman–Crippen LogP) is 3.70. The lowest BCUT2D eigenvalue weighted by molar-refractivity contribution is 0.0603. The molecule has 124 valence electrons. The van der Waals surface area contributed by atoms with E-state index in [4.69, 9.17) is 4.74 Å². The van der Waals surface area contributed by atoms with Crippen LogP contribution in [-0.2, 0) is 14.6 Å². The van der Waals surface area contributed by atoms with Crippen molar-refractivity contribution in [3.8, 4) is 0 Å².